The molecule has 0 saturated carbocycles. The van der Waals surface area contributed by atoms with Crippen LogP contribution in [0.5, 0.6) is 0 Å². The Morgan fingerprint density at radius 1 is 1.00 bits per heavy atom. The van der Waals surface area contributed by atoms with E-state index in [0.717, 1.165) is 43.0 Å². The number of hydrogen-bond acceptors (Lipinski definition) is 3. The molecule has 0 spiro atoms. The van der Waals surface area contributed by atoms with Gasteiger partial charge in [-0.15, -0.1) is 0 Å². The number of carbonyl (C=O) groups is 1. The molecule has 2 amide bonds. The van der Waals surface area contributed by atoms with Crippen LogP contribution in [0.25, 0.3) is 0 Å². The second-order valence-corrected chi connectivity index (χ2v) is 10.9. The number of amides is 2. The summed E-state index contributed by atoms with van der Waals surface area (Å²) in [4.78, 5) is 17.3. The summed E-state index contributed by atoms with van der Waals surface area (Å²) in [6.07, 6.45) is -3.29. The van der Waals surface area contributed by atoms with Crippen LogP contribution in [0.1, 0.15) is 29.5 Å². The third-order valence-electron chi connectivity index (χ3n) is 6.63. The van der Waals surface area contributed by atoms with Crippen molar-refractivity contribution in [1.29, 1.82) is 0 Å². The monoisotopic (exact) mass is 640 g/mol. The topological polar surface area (TPSA) is 38.8 Å². The van der Waals surface area contributed by atoms with Crippen LogP contribution in [-0.4, -0.2) is 42.0 Å². The first-order valence-electron chi connectivity index (χ1n) is 12.3. The van der Waals surface area contributed by atoms with Gasteiger partial charge in [-0.2, -0.15) is 13.2 Å². The Balaban J connectivity index is 1.45. The van der Waals surface area contributed by atoms with Gasteiger partial charge < -0.3 is 13.3 Å². The first-order chi connectivity index (χ1) is 18.1. The lowest BCUT2D eigenvalue weighted by molar-refractivity contribution is -0.137. The average Bonchev–Trinajstić information content (AvgIpc) is 2.88. The van der Waals surface area contributed by atoms with Gasteiger partial charge in [0, 0.05) is 50.6 Å². The van der Waals surface area contributed by atoms with Gasteiger partial charge in [0.2, 0.25) is 0 Å². The van der Waals surface area contributed by atoms with Crippen molar-refractivity contribution < 1.29 is 22.4 Å². The van der Waals surface area contributed by atoms with Crippen molar-refractivity contribution >= 4 is 40.3 Å². The van der Waals surface area contributed by atoms with E-state index in [1.54, 1.807) is 4.90 Å². The normalized spacial score (nSPS) is 14.8. The first-order valence-corrected chi connectivity index (χ1v) is 13.2. The molecule has 1 saturated heterocycles. The van der Waals surface area contributed by atoms with Gasteiger partial charge in [0.15, 0.2) is 0 Å². The van der Waals surface area contributed by atoms with Crippen molar-refractivity contribution in [1.82, 2.24) is 9.80 Å². The number of alkyl halides is 3. The van der Waals surface area contributed by atoms with Crippen LogP contribution in [0.2, 0.25) is 0 Å². The molecule has 202 valence electrons. The summed E-state index contributed by atoms with van der Waals surface area (Å²) in [7, 11) is 1.99. The maximum absolute atomic E-state index is 13.9. The van der Waals surface area contributed by atoms with Gasteiger partial charge in [-0.1, -0.05) is 42.5 Å². The molecule has 0 aliphatic carbocycles. The van der Waals surface area contributed by atoms with Gasteiger partial charge in [-0.25, -0.2) is 9.18 Å². The zero-order valence-electron chi connectivity index (χ0n) is 20.9. The van der Waals surface area contributed by atoms with E-state index in [1.807, 2.05) is 40.5 Å². The Kier molecular flexibility index (Phi) is 9.14. The van der Waals surface area contributed by atoms with Gasteiger partial charge in [-0.3, -0.25) is 4.90 Å². The Hall–Kier alpha value is -2.86. The fraction of sp³-hybridized carbons (Fsp3) is 0.321. The quantitative estimate of drug-likeness (QED) is 0.167. The predicted molar refractivity (Wildman–Crippen MR) is 150 cm³/mol. The van der Waals surface area contributed by atoms with E-state index < -0.39 is 23.6 Å². The molecule has 1 N–H and O–H groups in total. The van der Waals surface area contributed by atoms with Crippen molar-refractivity contribution in [2.75, 3.05) is 28.6 Å². The number of halogens is 5. The highest BCUT2D eigenvalue weighted by molar-refractivity contribution is 14.1. The minimum Gasteiger partial charge on any atom is -0.318 e. The highest BCUT2D eigenvalue weighted by Gasteiger charge is 2.32. The van der Waals surface area contributed by atoms with Crippen molar-refractivity contribution in [3.63, 3.8) is 0 Å². The van der Waals surface area contributed by atoms with Crippen LogP contribution >= 0.6 is 22.9 Å². The fourth-order valence-corrected chi connectivity index (χ4v) is 4.94. The summed E-state index contributed by atoms with van der Waals surface area (Å²) in [5, 5.41) is 2.51. The summed E-state index contributed by atoms with van der Waals surface area (Å²) in [5.74, 6) is -1.06. The standard InChI is InChI=1S/C28H29F4IN4O/c1-35(33)25-9-7-21(8-10-25)18-36-13-11-26(12-14-36)37(19-20-5-3-2-4-6-20)27(38)34-24-16-22(28(30,31)32)15-23(29)17-24/h2-10,15-17,26H,11-14,18-19H2,1H3,(H,34,38). The molecule has 0 atom stereocenters. The molecule has 1 aliphatic heterocycles. The zero-order chi connectivity index (χ0) is 27.3. The smallest absolute Gasteiger partial charge is 0.318 e. The maximum atomic E-state index is 13.9. The molecule has 0 aromatic heterocycles. The largest absolute Gasteiger partial charge is 0.416 e. The Morgan fingerprint density at radius 2 is 1.66 bits per heavy atom. The second kappa shape index (κ2) is 12.3. The minimum absolute atomic E-state index is 0.114. The zero-order valence-corrected chi connectivity index (χ0v) is 23.0. The molecule has 1 aliphatic rings. The fourth-order valence-electron chi connectivity index (χ4n) is 4.62. The SMILES string of the molecule is CN(I)c1ccc(CN2CCC(N(Cc3ccccc3)C(=O)Nc3cc(F)cc(C(F)(F)F)c3)CC2)cc1. The van der Waals surface area contributed by atoms with E-state index in [2.05, 4.69) is 57.3 Å². The average molecular weight is 640 g/mol. The molecular formula is C28H29F4IN4O. The van der Waals surface area contributed by atoms with Gasteiger partial charge in [0.1, 0.15) is 5.82 Å². The summed E-state index contributed by atoms with van der Waals surface area (Å²) in [6, 6.07) is 19.2. The van der Waals surface area contributed by atoms with Gasteiger partial charge in [0.25, 0.3) is 0 Å². The number of urea groups is 1. The van der Waals surface area contributed by atoms with Crippen molar-refractivity contribution in [2.45, 2.75) is 38.1 Å². The number of anilines is 2. The molecule has 0 radical (unpaired) electrons. The number of piperidine rings is 1. The molecular weight excluding hydrogens is 611 g/mol. The second-order valence-electron chi connectivity index (χ2n) is 9.42. The van der Waals surface area contributed by atoms with E-state index in [9.17, 15) is 22.4 Å². The van der Waals surface area contributed by atoms with Crippen molar-refractivity contribution in [2.24, 2.45) is 0 Å². The Morgan fingerprint density at radius 3 is 2.26 bits per heavy atom. The van der Waals surface area contributed by atoms with E-state index >= 15 is 0 Å². The molecule has 10 heteroatoms. The van der Waals surface area contributed by atoms with Gasteiger partial charge in [0.05, 0.1) is 28.4 Å². The number of likely N-dealkylation sites (tertiary alicyclic amines) is 1. The van der Waals surface area contributed by atoms with Gasteiger partial charge in [-0.05, 0) is 54.3 Å². The first kappa shape index (κ1) is 28.2. The van der Waals surface area contributed by atoms with Crippen LogP contribution < -0.4 is 8.43 Å². The molecule has 3 aromatic rings. The van der Waals surface area contributed by atoms with E-state index in [-0.39, 0.29) is 11.7 Å². The van der Waals surface area contributed by atoms with Crippen LogP contribution in [0, 0.1) is 5.82 Å². The predicted octanol–water partition coefficient (Wildman–Crippen LogP) is 7.33. The van der Waals surface area contributed by atoms with Crippen LogP contribution in [0.4, 0.5) is 33.7 Å². The van der Waals surface area contributed by atoms with Crippen LogP contribution in [-0.2, 0) is 19.3 Å². The summed E-state index contributed by atoms with van der Waals surface area (Å²) < 4.78 is 55.5. The lowest BCUT2D eigenvalue weighted by Crippen LogP contribution is -2.48. The van der Waals surface area contributed by atoms with Crippen LogP contribution in [0.3, 0.4) is 0 Å². The molecule has 1 heterocycles. The van der Waals surface area contributed by atoms with E-state index in [1.165, 1.54) is 5.56 Å². The molecule has 0 bridgehead atoms. The molecule has 4 rings (SSSR count). The highest BCUT2D eigenvalue weighted by Crippen LogP contribution is 2.32. The molecule has 0 unspecified atom stereocenters. The van der Waals surface area contributed by atoms with Crippen molar-refractivity contribution in [3.05, 3.63) is 95.3 Å². The summed E-state index contributed by atoms with van der Waals surface area (Å²) in [6.45, 7) is 2.64. The maximum Gasteiger partial charge on any atom is 0.416 e. The Bertz CT molecular complexity index is 1210. The number of nitrogens with one attached hydrogen (secondary N) is 1. The number of hydrogen-bond donors (Lipinski definition) is 1. The summed E-state index contributed by atoms with van der Waals surface area (Å²) >= 11 is 2.23. The molecule has 38 heavy (non-hydrogen) atoms. The third-order valence-corrected chi connectivity index (χ3v) is 7.19. The lowest BCUT2D eigenvalue weighted by atomic mass is 10.0. The van der Waals surface area contributed by atoms with Crippen LogP contribution in [0.15, 0.2) is 72.8 Å². The third kappa shape index (κ3) is 7.59. The number of rotatable bonds is 7. The Labute approximate surface area is 233 Å². The highest BCUT2D eigenvalue weighted by atomic mass is 127. The van der Waals surface area contributed by atoms with Gasteiger partial charge >= 0.3 is 12.2 Å². The van der Waals surface area contributed by atoms with E-state index in [4.69, 9.17) is 0 Å². The number of carbonyl (C=O) groups excluding carboxylic acids is 1. The van der Waals surface area contributed by atoms with Crippen molar-refractivity contribution in [3.8, 4) is 0 Å². The lowest BCUT2D eigenvalue weighted by Gasteiger charge is -2.38. The summed E-state index contributed by atoms with van der Waals surface area (Å²) in [5.41, 5.74) is 1.86. The number of benzene rings is 3. The van der Waals surface area contributed by atoms with E-state index in [0.29, 0.717) is 25.5 Å². The molecule has 5 nitrogen and oxygen atoms in total. The number of nitrogens with zero attached hydrogens (tertiary/aromatic N) is 3. The minimum atomic E-state index is -4.72. The molecule has 1 fully saturated rings. The molecule has 3 aromatic carbocycles.